The number of carbonyl (C=O) groups excluding carboxylic acids is 1. The predicted octanol–water partition coefficient (Wildman–Crippen LogP) is -0.860. The number of amides is 1. The Morgan fingerprint density at radius 1 is 1.40 bits per heavy atom. The highest BCUT2D eigenvalue weighted by molar-refractivity contribution is 6.03. The number of nitrogens with one attached hydrogen (secondary N) is 3. The van der Waals surface area contributed by atoms with Crippen LogP contribution in [-0.2, 0) is 0 Å². The zero-order valence-corrected chi connectivity index (χ0v) is 7.39. The third-order valence-electron chi connectivity index (χ3n) is 1.63. The van der Waals surface area contributed by atoms with Crippen LogP contribution in [-0.4, -0.2) is 31.3 Å². The molecular weight excluding hydrogens is 200 g/mol. The molecule has 0 unspecified atom stereocenters. The Labute approximate surface area is 82.8 Å². The number of aromatic amines is 2. The second-order valence-corrected chi connectivity index (χ2v) is 2.62. The molecule has 2 heterocycles. The van der Waals surface area contributed by atoms with Crippen molar-refractivity contribution in [3.63, 3.8) is 0 Å². The molecule has 2 aromatic heterocycles. The highest BCUT2D eigenvalue weighted by Crippen LogP contribution is 1.98. The number of aromatic nitrogens is 5. The van der Waals surface area contributed by atoms with Crippen LogP contribution in [0.5, 0.6) is 0 Å². The molecule has 0 aliphatic rings. The molecule has 0 spiro atoms. The van der Waals surface area contributed by atoms with Crippen molar-refractivity contribution in [2.45, 2.75) is 0 Å². The molecule has 0 aliphatic carbocycles. The zero-order chi connectivity index (χ0) is 10.7. The SMILES string of the molecule is O=C(Nc1cnn[nH]1)c1cnc[nH]c1=O. The second-order valence-electron chi connectivity index (χ2n) is 2.62. The summed E-state index contributed by atoms with van der Waals surface area (Å²) in [5.41, 5.74) is -0.581. The summed E-state index contributed by atoms with van der Waals surface area (Å²) < 4.78 is 0. The number of hydrogen-bond acceptors (Lipinski definition) is 5. The lowest BCUT2D eigenvalue weighted by atomic mass is 10.3. The van der Waals surface area contributed by atoms with E-state index in [1.54, 1.807) is 0 Å². The van der Waals surface area contributed by atoms with Gasteiger partial charge in [0.1, 0.15) is 11.4 Å². The fourth-order valence-corrected chi connectivity index (χ4v) is 0.954. The van der Waals surface area contributed by atoms with Gasteiger partial charge in [0.05, 0.1) is 12.5 Å². The minimum Gasteiger partial charge on any atom is -0.312 e. The Bertz CT molecular complexity index is 516. The molecule has 76 valence electrons. The smallest absolute Gasteiger partial charge is 0.264 e. The van der Waals surface area contributed by atoms with Crippen molar-refractivity contribution in [2.75, 3.05) is 5.32 Å². The van der Waals surface area contributed by atoms with Crippen molar-refractivity contribution >= 4 is 11.7 Å². The standard InChI is InChI=1S/C7H6N6O2/c14-6-4(1-8-3-9-6)7(15)11-5-2-10-13-12-5/h1-3H,(H,8,9,14)(H2,10,11,12,13,15). The van der Waals surface area contributed by atoms with Crippen LogP contribution >= 0.6 is 0 Å². The molecule has 0 aliphatic heterocycles. The summed E-state index contributed by atoms with van der Waals surface area (Å²) >= 11 is 0. The minimum atomic E-state index is -0.574. The molecule has 0 atom stereocenters. The maximum atomic E-state index is 11.5. The summed E-state index contributed by atoms with van der Waals surface area (Å²) in [6.45, 7) is 0. The van der Waals surface area contributed by atoms with Crippen LogP contribution in [0.4, 0.5) is 5.82 Å². The lowest BCUT2D eigenvalue weighted by Gasteiger charge is -1.99. The van der Waals surface area contributed by atoms with Crippen molar-refractivity contribution in [1.82, 2.24) is 25.4 Å². The molecular formula is C7H6N6O2. The Kier molecular flexibility index (Phi) is 2.23. The summed E-state index contributed by atoms with van der Waals surface area (Å²) in [5.74, 6) is -0.265. The second kappa shape index (κ2) is 3.70. The van der Waals surface area contributed by atoms with Crippen LogP contribution in [0.1, 0.15) is 10.4 Å². The van der Waals surface area contributed by atoms with Gasteiger partial charge in [-0.05, 0) is 0 Å². The average Bonchev–Trinajstić information content (AvgIpc) is 2.71. The van der Waals surface area contributed by atoms with E-state index in [1.165, 1.54) is 18.7 Å². The normalized spacial score (nSPS) is 9.87. The Morgan fingerprint density at radius 2 is 2.27 bits per heavy atom. The highest BCUT2D eigenvalue weighted by Gasteiger charge is 2.10. The lowest BCUT2D eigenvalue weighted by Crippen LogP contribution is -2.23. The van der Waals surface area contributed by atoms with Crippen molar-refractivity contribution in [1.29, 1.82) is 0 Å². The summed E-state index contributed by atoms with van der Waals surface area (Å²) in [6, 6.07) is 0. The molecule has 0 fully saturated rings. The summed E-state index contributed by atoms with van der Waals surface area (Å²) in [7, 11) is 0. The van der Waals surface area contributed by atoms with Crippen LogP contribution in [0.15, 0.2) is 23.5 Å². The van der Waals surface area contributed by atoms with Gasteiger partial charge in [0, 0.05) is 6.20 Å². The quantitative estimate of drug-likeness (QED) is 0.591. The number of hydrogen-bond donors (Lipinski definition) is 3. The van der Waals surface area contributed by atoms with Gasteiger partial charge < -0.3 is 10.3 Å². The topological polar surface area (TPSA) is 116 Å². The number of carbonyl (C=O) groups is 1. The minimum absolute atomic E-state index is 0.0768. The van der Waals surface area contributed by atoms with E-state index < -0.39 is 11.5 Å². The van der Waals surface area contributed by atoms with E-state index in [2.05, 4.69) is 30.7 Å². The van der Waals surface area contributed by atoms with Crippen molar-refractivity contribution in [3.05, 3.63) is 34.6 Å². The molecule has 2 rings (SSSR count). The first-order chi connectivity index (χ1) is 7.27. The van der Waals surface area contributed by atoms with Gasteiger partial charge >= 0.3 is 0 Å². The van der Waals surface area contributed by atoms with E-state index in [4.69, 9.17) is 0 Å². The van der Waals surface area contributed by atoms with E-state index in [0.717, 1.165) is 0 Å². The van der Waals surface area contributed by atoms with Crippen LogP contribution in [0.3, 0.4) is 0 Å². The number of anilines is 1. The Hall–Kier alpha value is -2.51. The molecule has 0 radical (unpaired) electrons. The third-order valence-corrected chi connectivity index (χ3v) is 1.63. The van der Waals surface area contributed by atoms with Gasteiger partial charge in [0.15, 0.2) is 0 Å². The molecule has 1 amide bonds. The van der Waals surface area contributed by atoms with E-state index >= 15 is 0 Å². The molecule has 0 saturated heterocycles. The Morgan fingerprint density at radius 3 is 2.93 bits per heavy atom. The van der Waals surface area contributed by atoms with Crippen LogP contribution in [0.2, 0.25) is 0 Å². The van der Waals surface area contributed by atoms with Gasteiger partial charge in [-0.2, -0.15) is 0 Å². The van der Waals surface area contributed by atoms with Crippen LogP contribution in [0, 0.1) is 0 Å². The molecule has 8 heteroatoms. The largest absolute Gasteiger partial charge is 0.312 e. The first-order valence-electron chi connectivity index (χ1n) is 3.97. The monoisotopic (exact) mass is 206 g/mol. The van der Waals surface area contributed by atoms with Crippen LogP contribution in [0.25, 0.3) is 0 Å². The van der Waals surface area contributed by atoms with E-state index in [1.807, 2.05) is 0 Å². The van der Waals surface area contributed by atoms with E-state index in [-0.39, 0.29) is 5.56 Å². The molecule has 15 heavy (non-hydrogen) atoms. The highest BCUT2D eigenvalue weighted by atomic mass is 16.2. The third kappa shape index (κ3) is 1.88. The molecule has 0 saturated carbocycles. The van der Waals surface area contributed by atoms with Gasteiger partial charge in [-0.1, -0.05) is 5.21 Å². The molecule has 0 aromatic carbocycles. The van der Waals surface area contributed by atoms with Crippen LogP contribution < -0.4 is 10.9 Å². The van der Waals surface area contributed by atoms with Crippen molar-refractivity contribution in [3.8, 4) is 0 Å². The molecule has 3 N–H and O–H groups in total. The lowest BCUT2D eigenvalue weighted by molar-refractivity contribution is 0.102. The zero-order valence-electron chi connectivity index (χ0n) is 7.39. The van der Waals surface area contributed by atoms with Crippen molar-refractivity contribution < 1.29 is 4.79 Å². The number of H-pyrrole nitrogens is 2. The number of nitrogens with zero attached hydrogens (tertiary/aromatic N) is 3. The first kappa shape index (κ1) is 9.06. The van der Waals surface area contributed by atoms with Gasteiger partial charge in [-0.15, -0.1) is 5.10 Å². The van der Waals surface area contributed by atoms with Gasteiger partial charge in [0.25, 0.3) is 11.5 Å². The summed E-state index contributed by atoms with van der Waals surface area (Å²) in [6.07, 6.45) is 3.71. The number of rotatable bonds is 2. The molecule has 0 bridgehead atoms. The fraction of sp³-hybridized carbons (Fsp3) is 0. The van der Waals surface area contributed by atoms with Gasteiger partial charge in [-0.3, -0.25) is 9.59 Å². The predicted molar refractivity (Wildman–Crippen MR) is 49.2 cm³/mol. The molecule has 8 nitrogen and oxygen atoms in total. The fourth-order valence-electron chi connectivity index (χ4n) is 0.954. The maximum absolute atomic E-state index is 11.5. The maximum Gasteiger partial charge on any atom is 0.264 e. The molecule has 2 aromatic rings. The van der Waals surface area contributed by atoms with Crippen molar-refractivity contribution in [2.24, 2.45) is 0 Å². The summed E-state index contributed by atoms with van der Waals surface area (Å²) in [5, 5.41) is 11.7. The van der Waals surface area contributed by atoms with E-state index in [0.29, 0.717) is 5.82 Å². The van der Waals surface area contributed by atoms with Gasteiger partial charge in [0.2, 0.25) is 0 Å². The Balaban J connectivity index is 2.23. The van der Waals surface area contributed by atoms with Gasteiger partial charge in [-0.25, -0.2) is 10.1 Å². The van der Waals surface area contributed by atoms with E-state index in [9.17, 15) is 9.59 Å². The summed E-state index contributed by atoms with van der Waals surface area (Å²) in [4.78, 5) is 28.6. The first-order valence-corrected chi connectivity index (χ1v) is 3.97. The average molecular weight is 206 g/mol.